The summed E-state index contributed by atoms with van der Waals surface area (Å²) in [7, 11) is -3.85. The standard InChI is InChI=1S/C14H14N4O5S/c1-7-11(8(2)23-18-7)6-15-24(21,22)9-3-4-12-10(5-9)13(19)17-14(20)16-12/h3-5,15H,6H2,1-2H3,(H2,16,17,19,20). The Labute approximate surface area is 135 Å². The fraction of sp³-hybridized carbons (Fsp3) is 0.214. The Morgan fingerprint density at radius 3 is 2.62 bits per heavy atom. The summed E-state index contributed by atoms with van der Waals surface area (Å²) in [4.78, 5) is 27.4. The highest BCUT2D eigenvalue weighted by Gasteiger charge is 2.18. The molecule has 0 fully saturated rings. The second-order valence-corrected chi connectivity index (χ2v) is 7.01. The zero-order valence-electron chi connectivity index (χ0n) is 12.8. The van der Waals surface area contributed by atoms with Gasteiger partial charge in [-0.05, 0) is 32.0 Å². The van der Waals surface area contributed by atoms with Gasteiger partial charge in [-0.2, -0.15) is 0 Å². The number of H-pyrrole nitrogens is 2. The molecule has 3 rings (SSSR count). The average Bonchev–Trinajstić information content (AvgIpc) is 2.83. The van der Waals surface area contributed by atoms with Crippen LogP contribution in [0.15, 0.2) is 37.2 Å². The molecule has 0 unspecified atom stereocenters. The maximum Gasteiger partial charge on any atom is 0.326 e. The van der Waals surface area contributed by atoms with Crippen LogP contribution >= 0.6 is 0 Å². The number of nitrogens with zero attached hydrogens (tertiary/aromatic N) is 1. The molecule has 3 N–H and O–H groups in total. The molecule has 2 aromatic heterocycles. The Morgan fingerprint density at radius 1 is 1.21 bits per heavy atom. The molecule has 0 aliphatic rings. The predicted octanol–water partition coefficient (Wildman–Crippen LogP) is 0.300. The first-order valence-electron chi connectivity index (χ1n) is 6.96. The van der Waals surface area contributed by atoms with Gasteiger partial charge in [0.1, 0.15) is 5.76 Å². The van der Waals surface area contributed by atoms with E-state index in [9.17, 15) is 18.0 Å². The fourth-order valence-electron chi connectivity index (χ4n) is 2.32. The van der Waals surface area contributed by atoms with Crippen LogP contribution in [0.4, 0.5) is 0 Å². The van der Waals surface area contributed by atoms with Crippen molar-refractivity contribution < 1.29 is 12.9 Å². The number of hydrogen-bond donors (Lipinski definition) is 3. The Hall–Kier alpha value is -2.72. The van der Waals surface area contributed by atoms with Crippen molar-refractivity contribution >= 4 is 20.9 Å². The first kappa shape index (κ1) is 16.1. The van der Waals surface area contributed by atoms with Crippen LogP contribution in [0.5, 0.6) is 0 Å². The molecule has 1 aromatic carbocycles. The predicted molar refractivity (Wildman–Crippen MR) is 85.2 cm³/mol. The zero-order valence-corrected chi connectivity index (χ0v) is 13.7. The zero-order chi connectivity index (χ0) is 17.5. The van der Waals surface area contributed by atoms with Gasteiger partial charge in [0, 0.05) is 12.1 Å². The van der Waals surface area contributed by atoms with Crippen LogP contribution in [0.1, 0.15) is 17.0 Å². The summed E-state index contributed by atoms with van der Waals surface area (Å²) in [5.41, 5.74) is 0.203. The number of aromatic nitrogens is 3. The third-order valence-electron chi connectivity index (χ3n) is 3.64. The number of hydrogen-bond acceptors (Lipinski definition) is 6. The van der Waals surface area contributed by atoms with E-state index in [2.05, 4.69) is 19.8 Å². The molecule has 0 atom stereocenters. The third-order valence-corrected chi connectivity index (χ3v) is 5.04. The van der Waals surface area contributed by atoms with E-state index in [1.165, 1.54) is 18.2 Å². The topological polar surface area (TPSA) is 138 Å². The highest BCUT2D eigenvalue weighted by molar-refractivity contribution is 7.89. The number of rotatable bonds is 4. The number of nitrogens with one attached hydrogen (secondary N) is 3. The number of aryl methyl sites for hydroxylation is 2. The van der Waals surface area contributed by atoms with Crippen molar-refractivity contribution in [1.82, 2.24) is 19.8 Å². The number of benzene rings is 1. The van der Waals surface area contributed by atoms with Crippen molar-refractivity contribution in [2.24, 2.45) is 0 Å². The first-order chi connectivity index (χ1) is 11.3. The lowest BCUT2D eigenvalue weighted by atomic mass is 10.2. The van der Waals surface area contributed by atoms with E-state index in [1.54, 1.807) is 13.8 Å². The Morgan fingerprint density at radius 2 is 1.96 bits per heavy atom. The monoisotopic (exact) mass is 350 g/mol. The average molecular weight is 350 g/mol. The molecular formula is C14H14N4O5S. The Kier molecular flexibility index (Phi) is 3.85. The van der Waals surface area contributed by atoms with Crippen LogP contribution in [0.25, 0.3) is 10.9 Å². The van der Waals surface area contributed by atoms with E-state index in [1.807, 2.05) is 0 Å². The van der Waals surface area contributed by atoms with Crippen molar-refractivity contribution in [3.05, 3.63) is 56.1 Å². The van der Waals surface area contributed by atoms with Gasteiger partial charge in [-0.15, -0.1) is 0 Å². The minimum Gasteiger partial charge on any atom is -0.361 e. The van der Waals surface area contributed by atoms with Crippen LogP contribution in [-0.4, -0.2) is 23.5 Å². The molecule has 126 valence electrons. The van der Waals surface area contributed by atoms with Gasteiger partial charge in [-0.3, -0.25) is 9.78 Å². The van der Waals surface area contributed by atoms with Crippen LogP contribution in [0.2, 0.25) is 0 Å². The summed E-state index contributed by atoms with van der Waals surface area (Å²) < 4.78 is 32.3. The van der Waals surface area contributed by atoms with Crippen molar-refractivity contribution in [2.45, 2.75) is 25.3 Å². The molecule has 2 heterocycles. The third kappa shape index (κ3) is 2.88. The van der Waals surface area contributed by atoms with E-state index < -0.39 is 21.3 Å². The molecular weight excluding hydrogens is 336 g/mol. The second kappa shape index (κ2) is 5.73. The molecule has 24 heavy (non-hydrogen) atoms. The molecule has 9 nitrogen and oxygen atoms in total. The minimum atomic E-state index is -3.85. The highest BCUT2D eigenvalue weighted by atomic mass is 32.2. The molecule has 0 amide bonds. The number of sulfonamides is 1. The molecule has 0 saturated carbocycles. The van der Waals surface area contributed by atoms with Crippen LogP contribution in [0.3, 0.4) is 0 Å². The van der Waals surface area contributed by atoms with Gasteiger partial charge < -0.3 is 9.51 Å². The largest absolute Gasteiger partial charge is 0.361 e. The van der Waals surface area contributed by atoms with Gasteiger partial charge in [0.15, 0.2) is 0 Å². The van der Waals surface area contributed by atoms with Crippen molar-refractivity contribution in [2.75, 3.05) is 0 Å². The van der Waals surface area contributed by atoms with E-state index in [-0.39, 0.29) is 22.3 Å². The Balaban J connectivity index is 1.96. The van der Waals surface area contributed by atoms with Crippen molar-refractivity contribution in [1.29, 1.82) is 0 Å². The van der Waals surface area contributed by atoms with Crippen molar-refractivity contribution in [3.8, 4) is 0 Å². The lowest BCUT2D eigenvalue weighted by Crippen LogP contribution is -2.25. The van der Waals surface area contributed by atoms with E-state index in [4.69, 9.17) is 4.52 Å². The maximum absolute atomic E-state index is 12.4. The summed E-state index contributed by atoms with van der Waals surface area (Å²) in [6.45, 7) is 3.42. The second-order valence-electron chi connectivity index (χ2n) is 5.24. The van der Waals surface area contributed by atoms with Gasteiger partial charge in [0.2, 0.25) is 10.0 Å². The highest BCUT2D eigenvalue weighted by Crippen LogP contribution is 2.16. The van der Waals surface area contributed by atoms with E-state index in [0.717, 1.165) is 0 Å². The van der Waals surface area contributed by atoms with Crippen LogP contribution < -0.4 is 16.0 Å². The smallest absolute Gasteiger partial charge is 0.326 e. The molecule has 0 aliphatic carbocycles. The summed E-state index contributed by atoms with van der Waals surface area (Å²) in [6.07, 6.45) is 0. The minimum absolute atomic E-state index is 0.0174. The summed E-state index contributed by atoms with van der Waals surface area (Å²) in [5, 5.41) is 3.84. The lowest BCUT2D eigenvalue weighted by molar-refractivity contribution is 0.392. The normalized spacial score (nSPS) is 11.9. The lowest BCUT2D eigenvalue weighted by Gasteiger charge is -2.07. The van der Waals surface area contributed by atoms with E-state index >= 15 is 0 Å². The molecule has 0 spiro atoms. The number of fused-ring (bicyclic) bond motifs is 1. The molecule has 3 aromatic rings. The van der Waals surface area contributed by atoms with Gasteiger partial charge in [0.25, 0.3) is 5.56 Å². The SMILES string of the molecule is Cc1noc(C)c1CNS(=O)(=O)c1ccc2[nH]c(=O)[nH]c(=O)c2c1. The molecule has 0 bridgehead atoms. The maximum atomic E-state index is 12.4. The summed E-state index contributed by atoms with van der Waals surface area (Å²) in [6, 6.07) is 3.89. The van der Waals surface area contributed by atoms with Gasteiger partial charge >= 0.3 is 5.69 Å². The quantitative estimate of drug-likeness (QED) is 0.619. The van der Waals surface area contributed by atoms with Crippen molar-refractivity contribution in [3.63, 3.8) is 0 Å². The molecule has 0 aliphatic heterocycles. The molecule has 10 heteroatoms. The first-order valence-corrected chi connectivity index (χ1v) is 8.44. The molecule has 0 saturated heterocycles. The fourth-order valence-corrected chi connectivity index (χ4v) is 3.34. The van der Waals surface area contributed by atoms with Crippen LogP contribution in [0, 0.1) is 13.8 Å². The number of aromatic amines is 2. The van der Waals surface area contributed by atoms with Gasteiger partial charge in [0.05, 0.1) is 21.5 Å². The summed E-state index contributed by atoms with van der Waals surface area (Å²) in [5.74, 6) is 0.530. The van der Waals surface area contributed by atoms with Gasteiger partial charge in [-0.1, -0.05) is 5.16 Å². The molecule has 0 radical (unpaired) electrons. The van der Waals surface area contributed by atoms with E-state index in [0.29, 0.717) is 17.0 Å². The van der Waals surface area contributed by atoms with Gasteiger partial charge in [-0.25, -0.2) is 17.9 Å². The Bertz CT molecular complexity index is 1120. The van der Waals surface area contributed by atoms with Crippen LogP contribution in [-0.2, 0) is 16.6 Å². The summed E-state index contributed by atoms with van der Waals surface area (Å²) >= 11 is 0.